The molecule has 0 radical (unpaired) electrons. The van der Waals surface area contributed by atoms with Crippen molar-refractivity contribution < 1.29 is 4.74 Å². The van der Waals surface area contributed by atoms with E-state index in [1.54, 1.807) is 11.8 Å². The van der Waals surface area contributed by atoms with E-state index in [-0.39, 0.29) is 0 Å². The van der Waals surface area contributed by atoms with Crippen LogP contribution in [0.1, 0.15) is 6.42 Å². The molecule has 0 amide bonds. The maximum absolute atomic E-state index is 5.93. The number of nitrogen functional groups attached to an aromatic ring is 1. The van der Waals surface area contributed by atoms with Gasteiger partial charge in [0.2, 0.25) is 0 Å². The van der Waals surface area contributed by atoms with Crippen LogP contribution < -0.4 is 10.5 Å². The van der Waals surface area contributed by atoms with Gasteiger partial charge in [-0.05, 0) is 48.9 Å². The molecule has 0 spiro atoms. The van der Waals surface area contributed by atoms with Crippen LogP contribution in [0.25, 0.3) is 0 Å². The Kier molecular flexibility index (Phi) is 5.43. The Hall–Kier alpha value is -1.32. The molecule has 19 heavy (non-hydrogen) atoms. The summed E-state index contributed by atoms with van der Waals surface area (Å²) in [5.41, 5.74) is 6.36. The lowest BCUT2D eigenvalue weighted by Crippen LogP contribution is -1.98. The summed E-state index contributed by atoms with van der Waals surface area (Å²) in [6.07, 6.45) is 0.988. The van der Waals surface area contributed by atoms with E-state index in [0.717, 1.165) is 28.6 Å². The lowest BCUT2D eigenvalue weighted by molar-refractivity contribution is 0.319. The highest BCUT2D eigenvalue weighted by atomic mass is 35.5. The minimum Gasteiger partial charge on any atom is -0.494 e. The Morgan fingerprint density at radius 3 is 2.63 bits per heavy atom. The predicted molar refractivity (Wildman–Crippen MR) is 83.1 cm³/mol. The van der Waals surface area contributed by atoms with E-state index < -0.39 is 0 Å². The van der Waals surface area contributed by atoms with Gasteiger partial charge in [0, 0.05) is 21.4 Å². The highest BCUT2D eigenvalue weighted by molar-refractivity contribution is 7.99. The Labute approximate surface area is 122 Å². The molecule has 0 saturated heterocycles. The van der Waals surface area contributed by atoms with Gasteiger partial charge in [-0.15, -0.1) is 11.8 Å². The first kappa shape index (κ1) is 14.1. The van der Waals surface area contributed by atoms with Crippen molar-refractivity contribution in [1.82, 2.24) is 0 Å². The van der Waals surface area contributed by atoms with E-state index in [4.69, 9.17) is 22.1 Å². The average Bonchev–Trinajstić information content (AvgIpc) is 2.41. The van der Waals surface area contributed by atoms with Crippen molar-refractivity contribution in [2.24, 2.45) is 0 Å². The zero-order valence-electron chi connectivity index (χ0n) is 10.5. The molecular weight excluding hydrogens is 278 g/mol. The molecule has 0 aliphatic heterocycles. The van der Waals surface area contributed by atoms with Crippen LogP contribution in [0, 0.1) is 0 Å². The molecule has 0 aliphatic carbocycles. The van der Waals surface area contributed by atoms with Gasteiger partial charge in [-0.3, -0.25) is 0 Å². The number of hydrogen-bond acceptors (Lipinski definition) is 3. The Morgan fingerprint density at radius 1 is 1.11 bits per heavy atom. The topological polar surface area (TPSA) is 35.2 Å². The standard InChI is InChI=1S/C15H16ClNOS/c16-12-3-1-4-15(11-12)19-10-2-9-18-14-7-5-13(17)6-8-14/h1,3-8,11H,2,9-10,17H2. The van der Waals surface area contributed by atoms with Crippen LogP contribution in [0.2, 0.25) is 5.02 Å². The fourth-order valence-electron chi connectivity index (χ4n) is 1.56. The van der Waals surface area contributed by atoms with Gasteiger partial charge in [-0.25, -0.2) is 0 Å². The number of anilines is 1. The highest BCUT2D eigenvalue weighted by Gasteiger charge is 1.97. The van der Waals surface area contributed by atoms with E-state index in [1.807, 2.05) is 42.5 Å². The van der Waals surface area contributed by atoms with Gasteiger partial charge in [-0.2, -0.15) is 0 Å². The quantitative estimate of drug-likeness (QED) is 0.484. The van der Waals surface area contributed by atoms with Gasteiger partial charge in [0.25, 0.3) is 0 Å². The summed E-state index contributed by atoms with van der Waals surface area (Å²) in [5.74, 6) is 1.87. The van der Waals surface area contributed by atoms with Crippen molar-refractivity contribution in [3.05, 3.63) is 53.6 Å². The van der Waals surface area contributed by atoms with Crippen LogP contribution in [0.15, 0.2) is 53.4 Å². The second-order valence-electron chi connectivity index (χ2n) is 4.08. The van der Waals surface area contributed by atoms with Crippen molar-refractivity contribution in [2.45, 2.75) is 11.3 Å². The van der Waals surface area contributed by atoms with Crippen LogP contribution in [0.3, 0.4) is 0 Å². The molecule has 100 valence electrons. The van der Waals surface area contributed by atoms with Gasteiger partial charge in [0.15, 0.2) is 0 Å². The summed E-state index contributed by atoms with van der Waals surface area (Å²) in [4.78, 5) is 1.19. The molecule has 2 nitrogen and oxygen atoms in total. The van der Waals surface area contributed by atoms with Crippen molar-refractivity contribution in [3.63, 3.8) is 0 Å². The van der Waals surface area contributed by atoms with Gasteiger partial charge in [-0.1, -0.05) is 17.7 Å². The summed E-state index contributed by atoms with van der Waals surface area (Å²) in [7, 11) is 0. The molecule has 0 heterocycles. The molecule has 0 bridgehead atoms. The first-order valence-corrected chi connectivity index (χ1v) is 7.47. The Morgan fingerprint density at radius 2 is 1.89 bits per heavy atom. The lowest BCUT2D eigenvalue weighted by atomic mass is 10.3. The minimum atomic E-state index is 0.706. The minimum absolute atomic E-state index is 0.706. The summed E-state index contributed by atoms with van der Waals surface area (Å²) in [6.45, 7) is 0.706. The van der Waals surface area contributed by atoms with E-state index in [9.17, 15) is 0 Å². The fraction of sp³-hybridized carbons (Fsp3) is 0.200. The lowest BCUT2D eigenvalue weighted by Gasteiger charge is -2.06. The third-order valence-corrected chi connectivity index (χ3v) is 3.82. The highest BCUT2D eigenvalue weighted by Crippen LogP contribution is 2.22. The third-order valence-electron chi connectivity index (χ3n) is 2.50. The van der Waals surface area contributed by atoms with Gasteiger partial charge < -0.3 is 10.5 Å². The smallest absolute Gasteiger partial charge is 0.119 e. The van der Waals surface area contributed by atoms with E-state index >= 15 is 0 Å². The monoisotopic (exact) mass is 293 g/mol. The first-order valence-electron chi connectivity index (χ1n) is 6.11. The molecule has 0 unspecified atom stereocenters. The number of ether oxygens (including phenoxy) is 1. The van der Waals surface area contributed by atoms with E-state index in [1.165, 1.54) is 4.90 Å². The molecule has 4 heteroatoms. The summed E-state index contributed by atoms with van der Waals surface area (Å²) in [6, 6.07) is 15.4. The van der Waals surface area contributed by atoms with Gasteiger partial charge >= 0.3 is 0 Å². The van der Waals surface area contributed by atoms with E-state index in [2.05, 4.69) is 6.07 Å². The van der Waals surface area contributed by atoms with Crippen LogP contribution in [0.5, 0.6) is 5.75 Å². The van der Waals surface area contributed by atoms with Crippen molar-refractivity contribution in [2.75, 3.05) is 18.1 Å². The number of benzene rings is 2. The van der Waals surface area contributed by atoms with Gasteiger partial charge in [0.1, 0.15) is 5.75 Å². The largest absolute Gasteiger partial charge is 0.494 e. The number of nitrogens with two attached hydrogens (primary N) is 1. The van der Waals surface area contributed by atoms with Crippen LogP contribution in [0.4, 0.5) is 5.69 Å². The molecule has 0 saturated carbocycles. The SMILES string of the molecule is Nc1ccc(OCCCSc2cccc(Cl)c2)cc1. The molecule has 0 aromatic heterocycles. The average molecular weight is 294 g/mol. The summed E-state index contributed by atoms with van der Waals surface area (Å²) < 4.78 is 5.63. The van der Waals surface area contributed by atoms with Crippen LogP contribution >= 0.6 is 23.4 Å². The Bertz CT molecular complexity index is 516. The molecular formula is C15H16ClNOS. The van der Waals surface area contributed by atoms with Crippen molar-refractivity contribution >= 4 is 29.1 Å². The predicted octanol–water partition coefficient (Wildman–Crippen LogP) is 4.48. The maximum Gasteiger partial charge on any atom is 0.119 e. The van der Waals surface area contributed by atoms with E-state index in [0.29, 0.717) is 6.61 Å². The number of thioether (sulfide) groups is 1. The molecule has 2 N–H and O–H groups in total. The maximum atomic E-state index is 5.93. The van der Waals surface area contributed by atoms with Crippen LogP contribution in [-0.4, -0.2) is 12.4 Å². The molecule has 2 rings (SSSR count). The zero-order valence-corrected chi connectivity index (χ0v) is 12.1. The first-order chi connectivity index (χ1) is 9.24. The second kappa shape index (κ2) is 7.31. The molecule has 0 fully saturated rings. The molecule has 0 aliphatic rings. The van der Waals surface area contributed by atoms with Crippen LogP contribution in [-0.2, 0) is 0 Å². The molecule has 2 aromatic carbocycles. The van der Waals surface area contributed by atoms with Crippen molar-refractivity contribution in [1.29, 1.82) is 0 Å². The number of halogens is 1. The fourth-order valence-corrected chi connectivity index (χ4v) is 2.70. The number of hydrogen-bond donors (Lipinski definition) is 1. The normalized spacial score (nSPS) is 10.4. The molecule has 2 aromatic rings. The molecule has 0 atom stereocenters. The Balaban J connectivity index is 1.66. The summed E-state index contributed by atoms with van der Waals surface area (Å²) in [5, 5.41) is 0.781. The number of rotatable bonds is 6. The third kappa shape index (κ3) is 5.05. The zero-order chi connectivity index (χ0) is 13.5. The summed E-state index contributed by atoms with van der Waals surface area (Å²) >= 11 is 7.72. The van der Waals surface area contributed by atoms with Gasteiger partial charge in [0.05, 0.1) is 6.61 Å². The second-order valence-corrected chi connectivity index (χ2v) is 5.68. The van der Waals surface area contributed by atoms with Crippen molar-refractivity contribution in [3.8, 4) is 5.75 Å².